The third-order valence-corrected chi connectivity index (χ3v) is 4.70. The Kier molecular flexibility index (Phi) is 5.60. The molecule has 12 heteroatoms. The van der Waals surface area contributed by atoms with E-state index < -0.39 is 45.7 Å². The van der Waals surface area contributed by atoms with Gasteiger partial charge < -0.3 is 10.4 Å². The van der Waals surface area contributed by atoms with Crippen molar-refractivity contribution in [2.75, 3.05) is 5.32 Å². The Labute approximate surface area is 175 Å². The number of benzene rings is 3. The van der Waals surface area contributed by atoms with Crippen LogP contribution in [0.15, 0.2) is 60.7 Å². The number of hydrogen-bond donors (Lipinski definition) is 2. The SMILES string of the molecule is O=C(Nc1c(C(O)(C(F)(F)F)C(F)(F)F)ccc2ccccc12)c1cccc([N+](=O)[O-])c1. The van der Waals surface area contributed by atoms with Gasteiger partial charge in [-0.3, -0.25) is 14.9 Å². The summed E-state index contributed by atoms with van der Waals surface area (Å²) in [5.74, 6) is -1.21. The minimum Gasteiger partial charge on any atom is -0.369 e. The second-order valence-corrected chi connectivity index (χ2v) is 6.68. The van der Waals surface area contributed by atoms with Crippen LogP contribution in [-0.4, -0.2) is 28.3 Å². The molecule has 0 unspecified atom stereocenters. The number of non-ortho nitro benzene ring substituents is 1. The van der Waals surface area contributed by atoms with E-state index in [2.05, 4.69) is 0 Å². The van der Waals surface area contributed by atoms with Crippen molar-refractivity contribution in [2.45, 2.75) is 18.0 Å². The van der Waals surface area contributed by atoms with Crippen molar-refractivity contribution in [3.63, 3.8) is 0 Å². The number of nitro benzene ring substituents is 1. The number of fused-ring (bicyclic) bond motifs is 1. The predicted octanol–water partition coefficient (Wildman–Crippen LogP) is 5.31. The number of carbonyl (C=O) groups excluding carboxylic acids is 1. The van der Waals surface area contributed by atoms with Crippen molar-refractivity contribution in [3.05, 3.63) is 81.9 Å². The Hall–Kier alpha value is -3.67. The highest BCUT2D eigenvalue weighted by atomic mass is 19.4. The summed E-state index contributed by atoms with van der Waals surface area (Å²) in [5.41, 5.74) is -8.78. The lowest BCUT2D eigenvalue weighted by Gasteiger charge is -2.34. The molecule has 2 N–H and O–H groups in total. The highest BCUT2D eigenvalue weighted by molar-refractivity contribution is 6.10. The van der Waals surface area contributed by atoms with Crippen molar-refractivity contribution in [2.24, 2.45) is 0 Å². The number of anilines is 1. The lowest BCUT2D eigenvalue weighted by Crippen LogP contribution is -2.54. The predicted molar refractivity (Wildman–Crippen MR) is 101 cm³/mol. The van der Waals surface area contributed by atoms with Crippen molar-refractivity contribution in [1.29, 1.82) is 0 Å². The first-order valence-electron chi connectivity index (χ1n) is 8.71. The van der Waals surface area contributed by atoms with Gasteiger partial charge in [0.25, 0.3) is 17.2 Å². The van der Waals surface area contributed by atoms with Gasteiger partial charge in [0, 0.05) is 28.6 Å². The van der Waals surface area contributed by atoms with Crippen LogP contribution in [0.4, 0.5) is 37.7 Å². The zero-order valence-electron chi connectivity index (χ0n) is 15.7. The molecule has 0 saturated carbocycles. The molecule has 32 heavy (non-hydrogen) atoms. The fraction of sp³-hybridized carbons (Fsp3) is 0.150. The molecule has 6 nitrogen and oxygen atoms in total. The second-order valence-electron chi connectivity index (χ2n) is 6.68. The normalized spacial score (nSPS) is 12.6. The summed E-state index contributed by atoms with van der Waals surface area (Å²) in [4.78, 5) is 22.7. The quantitative estimate of drug-likeness (QED) is 0.315. The van der Waals surface area contributed by atoms with Gasteiger partial charge in [-0.25, -0.2) is 0 Å². The fourth-order valence-corrected chi connectivity index (χ4v) is 3.12. The zero-order valence-corrected chi connectivity index (χ0v) is 15.7. The molecule has 0 aliphatic heterocycles. The van der Waals surface area contributed by atoms with Crippen LogP contribution in [-0.2, 0) is 5.60 Å². The molecule has 0 aliphatic carbocycles. The van der Waals surface area contributed by atoms with E-state index in [1.165, 1.54) is 18.2 Å². The number of carbonyl (C=O) groups is 1. The van der Waals surface area contributed by atoms with Gasteiger partial charge in [-0.1, -0.05) is 42.5 Å². The summed E-state index contributed by atoms with van der Waals surface area (Å²) in [6.07, 6.45) is -12.4. The van der Waals surface area contributed by atoms with Gasteiger partial charge in [-0.05, 0) is 11.5 Å². The molecule has 0 aromatic heterocycles. The Morgan fingerprint density at radius 2 is 1.53 bits per heavy atom. The van der Waals surface area contributed by atoms with Gasteiger partial charge in [-0.2, -0.15) is 26.3 Å². The molecular formula is C20H12F6N2O4. The molecule has 3 rings (SSSR count). The van der Waals surface area contributed by atoms with Gasteiger partial charge in [0.1, 0.15) is 0 Å². The first kappa shape index (κ1) is 23.0. The first-order chi connectivity index (χ1) is 14.8. The van der Waals surface area contributed by atoms with Crippen LogP contribution >= 0.6 is 0 Å². The van der Waals surface area contributed by atoms with Gasteiger partial charge >= 0.3 is 12.4 Å². The summed E-state index contributed by atoms with van der Waals surface area (Å²) < 4.78 is 81.1. The van der Waals surface area contributed by atoms with E-state index in [9.17, 15) is 46.4 Å². The highest BCUT2D eigenvalue weighted by Gasteiger charge is 2.72. The minimum atomic E-state index is -6.18. The molecule has 168 valence electrons. The molecule has 0 radical (unpaired) electrons. The maximum atomic E-state index is 13.5. The van der Waals surface area contributed by atoms with Crippen molar-refractivity contribution < 1.29 is 41.2 Å². The largest absolute Gasteiger partial charge is 0.430 e. The third-order valence-electron chi connectivity index (χ3n) is 4.70. The molecule has 1 amide bonds. The number of hydrogen-bond acceptors (Lipinski definition) is 4. The first-order valence-corrected chi connectivity index (χ1v) is 8.71. The molecular weight excluding hydrogens is 446 g/mol. The minimum absolute atomic E-state index is 0.178. The Morgan fingerprint density at radius 1 is 0.906 bits per heavy atom. The standard InChI is InChI=1S/C20H12F6N2O4/c21-19(22,23)18(30,20(24,25)26)15-9-8-11-4-1-2-7-14(11)16(15)27-17(29)12-5-3-6-13(10-12)28(31)32/h1-10,30H,(H,27,29). The van der Waals surface area contributed by atoms with E-state index in [-0.39, 0.29) is 16.3 Å². The molecule has 3 aromatic rings. The van der Waals surface area contributed by atoms with Crippen LogP contribution < -0.4 is 5.32 Å². The summed E-state index contributed by atoms with van der Waals surface area (Å²) in [6.45, 7) is 0. The van der Waals surface area contributed by atoms with Crippen molar-refractivity contribution in [1.82, 2.24) is 0 Å². The van der Waals surface area contributed by atoms with Crippen LogP contribution in [0.25, 0.3) is 10.8 Å². The molecule has 3 aromatic carbocycles. The van der Waals surface area contributed by atoms with Gasteiger partial charge in [0.05, 0.1) is 10.6 Å². The smallest absolute Gasteiger partial charge is 0.369 e. The van der Waals surface area contributed by atoms with E-state index in [0.29, 0.717) is 6.07 Å². The van der Waals surface area contributed by atoms with E-state index in [1.54, 1.807) is 0 Å². The number of halogens is 6. The number of rotatable bonds is 4. The Balaban J connectivity index is 2.25. The summed E-state index contributed by atoms with van der Waals surface area (Å²) in [6, 6.07) is 10.8. The molecule has 0 spiro atoms. The van der Waals surface area contributed by atoms with Gasteiger partial charge in [-0.15, -0.1) is 0 Å². The lowest BCUT2D eigenvalue weighted by molar-refractivity contribution is -0.384. The van der Waals surface area contributed by atoms with Crippen LogP contribution in [0.2, 0.25) is 0 Å². The maximum Gasteiger partial charge on any atom is 0.430 e. The van der Waals surface area contributed by atoms with E-state index in [1.807, 2.05) is 5.32 Å². The van der Waals surface area contributed by atoms with Crippen molar-refractivity contribution >= 4 is 28.1 Å². The highest BCUT2D eigenvalue weighted by Crippen LogP contribution is 2.53. The fourth-order valence-electron chi connectivity index (χ4n) is 3.12. The summed E-state index contributed by atoms with van der Waals surface area (Å²) in [5, 5.41) is 22.7. The average Bonchev–Trinajstić information content (AvgIpc) is 2.71. The average molecular weight is 458 g/mol. The lowest BCUT2D eigenvalue weighted by atomic mass is 9.88. The maximum absolute atomic E-state index is 13.5. The van der Waals surface area contributed by atoms with Crippen LogP contribution in [0.5, 0.6) is 0 Å². The number of amides is 1. The van der Waals surface area contributed by atoms with Crippen LogP contribution in [0, 0.1) is 10.1 Å². The number of nitro groups is 1. The zero-order chi connectivity index (χ0) is 23.9. The number of alkyl halides is 6. The topological polar surface area (TPSA) is 92.5 Å². The molecule has 0 bridgehead atoms. The Morgan fingerprint density at radius 3 is 2.12 bits per heavy atom. The molecule has 0 saturated heterocycles. The van der Waals surface area contributed by atoms with E-state index in [4.69, 9.17) is 0 Å². The number of aliphatic hydroxyl groups is 1. The molecule has 0 fully saturated rings. The summed E-state index contributed by atoms with van der Waals surface area (Å²) >= 11 is 0. The van der Waals surface area contributed by atoms with Crippen LogP contribution in [0.3, 0.4) is 0 Å². The summed E-state index contributed by atoms with van der Waals surface area (Å²) in [7, 11) is 0. The van der Waals surface area contributed by atoms with E-state index >= 15 is 0 Å². The monoisotopic (exact) mass is 458 g/mol. The van der Waals surface area contributed by atoms with E-state index in [0.717, 1.165) is 36.4 Å². The van der Waals surface area contributed by atoms with Gasteiger partial charge in [0.2, 0.25) is 0 Å². The number of nitrogens with one attached hydrogen (secondary N) is 1. The number of nitrogens with zero attached hydrogens (tertiary/aromatic N) is 1. The second kappa shape index (κ2) is 7.79. The molecule has 0 aliphatic rings. The van der Waals surface area contributed by atoms with Crippen molar-refractivity contribution in [3.8, 4) is 0 Å². The third kappa shape index (κ3) is 3.84. The molecule has 0 heterocycles. The van der Waals surface area contributed by atoms with Crippen LogP contribution in [0.1, 0.15) is 15.9 Å². The van der Waals surface area contributed by atoms with Gasteiger partial charge in [0.15, 0.2) is 0 Å². The Bertz CT molecular complexity index is 1190. The molecule has 0 atom stereocenters.